The molecule has 0 spiro atoms. The number of benzene rings is 12. The summed E-state index contributed by atoms with van der Waals surface area (Å²) in [5, 5.41) is 14.9. The Labute approximate surface area is 381 Å². The number of rotatable bonds is 5. The molecule has 14 aromatic rings. The molecule has 0 saturated heterocycles. The highest BCUT2D eigenvalue weighted by atomic mass is 15.0. The van der Waals surface area contributed by atoms with Crippen molar-refractivity contribution >= 4 is 86.7 Å². The van der Waals surface area contributed by atoms with Gasteiger partial charge in [-0.3, -0.25) is 0 Å². The molecule has 0 aliphatic carbocycles. The largest absolute Gasteiger partial charge is 0.309 e. The zero-order valence-electron chi connectivity index (χ0n) is 36.0. The van der Waals surface area contributed by atoms with E-state index in [1.807, 2.05) is 0 Å². The minimum atomic E-state index is 1.15. The maximum atomic E-state index is 2.53. The van der Waals surface area contributed by atoms with Crippen molar-refractivity contribution < 1.29 is 0 Å². The van der Waals surface area contributed by atoms with Crippen LogP contribution in [0.15, 0.2) is 243 Å². The Morgan fingerprint density at radius 1 is 0.212 bits per heavy atom. The van der Waals surface area contributed by atoms with E-state index >= 15 is 0 Å². The lowest BCUT2D eigenvalue weighted by Crippen LogP contribution is -1.97. The number of nitrogens with zero attached hydrogens (tertiary/aromatic N) is 2. The quantitative estimate of drug-likeness (QED) is 0.153. The standard InChI is InChI=1S/C64H40N2/c1-2-19-48(20-3-1)65-60-27-11-10-24-54(60)55-33-29-44(39-63(55)65)47-38-57-51-23-9-6-16-43(51)28-32-56(57)64(40-47)66-61-34-30-45(52-25-12-17-41-14-4-7-21-49(41)52)36-58(61)59-37-46(31-35-62(59)66)53-26-13-18-42-15-5-8-22-50(42)53/h1-40H. The lowest BCUT2D eigenvalue weighted by atomic mass is 9.95. The lowest BCUT2D eigenvalue weighted by molar-refractivity contribution is 1.18. The van der Waals surface area contributed by atoms with Gasteiger partial charge in [-0.2, -0.15) is 0 Å². The number of hydrogen-bond donors (Lipinski definition) is 0. The third kappa shape index (κ3) is 5.55. The summed E-state index contributed by atoms with van der Waals surface area (Å²) in [7, 11) is 0. The van der Waals surface area contributed by atoms with Gasteiger partial charge in [-0.05, 0) is 132 Å². The molecule has 0 saturated carbocycles. The minimum absolute atomic E-state index is 1.15. The second-order valence-electron chi connectivity index (χ2n) is 17.6. The van der Waals surface area contributed by atoms with Crippen LogP contribution in [0, 0.1) is 0 Å². The van der Waals surface area contributed by atoms with Crippen LogP contribution >= 0.6 is 0 Å². The second-order valence-corrected chi connectivity index (χ2v) is 17.6. The Morgan fingerprint density at radius 3 is 1.36 bits per heavy atom. The van der Waals surface area contributed by atoms with Crippen LogP contribution in [0.3, 0.4) is 0 Å². The predicted molar refractivity (Wildman–Crippen MR) is 281 cm³/mol. The van der Waals surface area contributed by atoms with E-state index in [-0.39, 0.29) is 0 Å². The fourth-order valence-electron chi connectivity index (χ4n) is 11.0. The fraction of sp³-hybridized carbons (Fsp3) is 0. The Bertz CT molecular complexity index is 4130. The van der Waals surface area contributed by atoms with Gasteiger partial charge in [-0.15, -0.1) is 0 Å². The zero-order valence-corrected chi connectivity index (χ0v) is 36.0. The van der Waals surface area contributed by atoms with E-state index in [0.717, 1.165) is 11.4 Å². The molecule has 66 heavy (non-hydrogen) atoms. The molecule has 0 atom stereocenters. The van der Waals surface area contributed by atoms with Crippen LogP contribution in [-0.2, 0) is 0 Å². The average molecular weight is 837 g/mol. The molecule has 2 aromatic heterocycles. The van der Waals surface area contributed by atoms with Crippen LogP contribution in [0.4, 0.5) is 0 Å². The molecular formula is C64H40N2. The SMILES string of the molecule is c1ccc(-n2c3ccccc3c3ccc(-c4cc(-n5c6ccc(-c7cccc8ccccc78)cc6c6cc(-c7cccc8ccccc78)ccc65)c5ccc6ccccc6c5c4)cc32)cc1. The first-order valence-electron chi connectivity index (χ1n) is 22.8. The van der Waals surface area contributed by atoms with Gasteiger partial charge in [-0.1, -0.05) is 182 Å². The molecule has 2 heterocycles. The van der Waals surface area contributed by atoms with Crippen molar-refractivity contribution in [3.63, 3.8) is 0 Å². The second kappa shape index (κ2) is 14.4. The highest BCUT2D eigenvalue weighted by Crippen LogP contribution is 2.44. The highest BCUT2D eigenvalue weighted by molar-refractivity contribution is 6.17. The van der Waals surface area contributed by atoms with Crippen molar-refractivity contribution in [2.45, 2.75) is 0 Å². The third-order valence-electron chi connectivity index (χ3n) is 14.1. The molecular weight excluding hydrogens is 797 g/mol. The summed E-state index contributed by atoms with van der Waals surface area (Å²) in [6.07, 6.45) is 0. The van der Waals surface area contributed by atoms with E-state index in [2.05, 4.69) is 252 Å². The monoisotopic (exact) mass is 836 g/mol. The molecule has 2 nitrogen and oxygen atoms in total. The first-order valence-corrected chi connectivity index (χ1v) is 22.8. The van der Waals surface area contributed by atoms with Crippen LogP contribution in [0.5, 0.6) is 0 Å². The number of aromatic nitrogens is 2. The van der Waals surface area contributed by atoms with Gasteiger partial charge in [0.25, 0.3) is 0 Å². The minimum Gasteiger partial charge on any atom is -0.309 e. The topological polar surface area (TPSA) is 9.86 Å². The van der Waals surface area contributed by atoms with E-state index < -0.39 is 0 Å². The van der Waals surface area contributed by atoms with Crippen LogP contribution in [0.2, 0.25) is 0 Å². The van der Waals surface area contributed by atoms with E-state index in [0.29, 0.717) is 0 Å². The Balaban J connectivity index is 1.07. The average Bonchev–Trinajstić information content (AvgIpc) is 3.89. The molecule has 0 amide bonds. The van der Waals surface area contributed by atoms with Gasteiger partial charge in [0.05, 0.1) is 27.8 Å². The van der Waals surface area contributed by atoms with Crippen molar-refractivity contribution in [3.05, 3.63) is 243 Å². The van der Waals surface area contributed by atoms with Gasteiger partial charge in [0.15, 0.2) is 0 Å². The molecule has 0 bridgehead atoms. The molecule has 12 aromatic carbocycles. The van der Waals surface area contributed by atoms with Crippen molar-refractivity contribution in [1.29, 1.82) is 0 Å². The van der Waals surface area contributed by atoms with Crippen molar-refractivity contribution in [2.75, 3.05) is 0 Å². The molecule has 2 heteroatoms. The van der Waals surface area contributed by atoms with Gasteiger partial charge in [-0.25, -0.2) is 0 Å². The summed E-state index contributed by atoms with van der Waals surface area (Å²) in [6.45, 7) is 0. The molecule has 0 unspecified atom stereocenters. The summed E-state index contributed by atoms with van der Waals surface area (Å²) in [4.78, 5) is 0. The first-order chi connectivity index (χ1) is 32.7. The summed E-state index contributed by atoms with van der Waals surface area (Å²) in [5.41, 5.74) is 14.3. The molecule has 14 rings (SSSR count). The summed E-state index contributed by atoms with van der Waals surface area (Å²) in [5.74, 6) is 0. The number of hydrogen-bond acceptors (Lipinski definition) is 0. The van der Waals surface area contributed by atoms with E-state index in [4.69, 9.17) is 0 Å². The maximum absolute atomic E-state index is 2.53. The Kier molecular flexibility index (Phi) is 8.02. The molecule has 0 aliphatic heterocycles. The smallest absolute Gasteiger partial charge is 0.0547 e. The molecule has 0 aliphatic rings. The van der Waals surface area contributed by atoms with Gasteiger partial charge in [0.1, 0.15) is 0 Å². The van der Waals surface area contributed by atoms with Crippen LogP contribution in [0.25, 0.3) is 131 Å². The van der Waals surface area contributed by atoms with Crippen molar-refractivity contribution in [1.82, 2.24) is 9.13 Å². The molecule has 0 N–H and O–H groups in total. The van der Waals surface area contributed by atoms with E-state index in [1.54, 1.807) is 0 Å². The van der Waals surface area contributed by atoms with E-state index in [1.165, 1.54) is 120 Å². The van der Waals surface area contributed by atoms with Crippen LogP contribution in [-0.4, -0.2) is 9.13 Å². The lowest BCUT2D eigenvalue weighted by Gasteiger charge is -2.17. The molecule has 0 radical (unpaired) electrons. The van der Waals surface area contributed by atoms with Crippen LogP contribution < -0.4 is 0 Å². The third-order valence-corrected chi connectivity index (χ3v) is 14.1. The van der Waals surface area contributed by atoms with Gasteiger partial charge >= 0.3 is 0 Å². The van der Waals surface area contributed by atoms with Gasteiger partial charge in [0, 0.05) is 32.6 Å². The van der Waals surface area contributed by atoms with Crippen molar-refractivity contribution in [3.8, 4) is 44.8 Å². The zero-order chi connectivity index (χ0) is 43.3. The van der Waals surface area contributed by atoms with Gasteiger partial charge in [0.2, 0.25) is 0 Å². The normalized spacial score (nSPS) is 11.9. The van der Waals surface area contributed by atoms with Gasteiger partial charge < -0.3 is 9.13 Å². The summed E-state index contributed by atoms with van der Waals surface area (Å²) in [6, 6.07) is 89.9. The molecule has 306 valence electrons. The number of fused-ring (bicyclic) bond motifs is 11. The number of para-hydroxylation sites is 2. The maximum Gasteiger partial charge on any atom is 0.0547 e. The first kappa shape index (κ1) is 36.7. The predicted octanol–water partition coefficient (Wildman–Crippen LogP) is 17.5. The Morgan fingerprint density at radius 2 is 0.697 bits per heavy atom. The Hall–Kier alpha value is -8.72. The van der Waals surface area contributed by atoms with E-state index in [9.17, 15) is 0 Å². The summed E-state index contributed by atoms with van der Waals surface area (Å²) >= 11 is 0. The highest BCUT2D eigenvalue weighted by Gasteiger charge is 2.20. The fourth-order valence-corrected chi connectivity index (χ4v) is 11.0. The van der Waals surface area contributed by atoms with Crippen LogP contribution in [0.1, 0.15) is 0 Å². The molecule has 0 fully saturated rings. The summed E-state index contributed by atoms with van der Waals surface area (Å²) < 4.78 is 4.95. The van der Waals surface area contributed by atoms with Crippen molar-refractivity contribution in [2.24, 2.45) is 0 Å².